The molecule has 2 nitrogen and oxygen atoms in total. The summed E-state index contributed by atoms with van der Waals surface area (Å²) in [5.41, 5.74) is 4.94. The molecule has 3 aromatic rings. The number of carbonyl (C=O) groups is 1. The lowest BCUT2D eigenvalue weighted by Gasteiger charge is -2.14. The highest BCUT2D eigenvalue weighted by molar-refractivity contribution is 8.00. The Kier molecular flexibility index (Phi) is 4.26. The van der Waals surface area contributed by atoms with Crippen molar-refractivity contribution in [3.8, 4) is 0 Å². The highest BCUT2D eigenvalue weighted by Gasteiger charge is 2.19. The lowest BCUT2D eigenvalue weighted by Crippen LogP contribution is -2.22. The summed E-state index contributed by atoms with van der Waals surface area (Å²) < 4.78 is 0. The second kappa shape index (κ2) is 6.57. The zero-order valence-electron chi connectivity index (χ0n) is 14.5. The second-order valence-electron chi connectivity index (χ2n) is 6.67. The van der Waals surface area contributed by atoms with Crippen LogP contribution in [-0.2, 0) is 17.6 Å². The lowest BCUT2D eigenvalue weighted by atomic mass is 10.0. The minimum atomic E-state index is -0.147. The van der Waals surface area contributed by atoms with E-state index in [9.17, 15) is 4.79 Å². The van der Waals surface area contributed by atoms with Gasteiger partial charge in [0.15, 0.2) is 0 Å². The highest BCUT2D eigenvalue weighted by atomic mass is 32.2. The van der Waals surface area contributed by atoms with E-state index in [1.165, 1.54) is 22.1 Å². The smallest absolute Gasteiger partial charge is 0.237 e. The predicted octanol–water partition coefficient (Wildman–Crippen LogP) is 5.37. The predicted molar refractivity (Wildman–Crippen MR) is 106 cm³/mol. The molecule has 126 valence electrons. The minimum Gasteiger partial charge on any atom is -0.325 e. The fraction of sp³-hybridized carbons (Fsp3) is 0.227. The van der Waals surface area contributed by atoms with Gasteiger partial charge in [0, 0.05) is 16.0 Å². The summed E-state index contributed by atoms with van der Waals surface area (Å²) in [6, 6.07) is 18.9. The third kappa shape index (κ3) is 3.16. The monoisotopic (exact) mass is 347 g/mol. The first-order chi connectivity index (χ1) is 12.1. The molecule has 0 saturated carbocycles. The van der Waals surface area contributed by atoms with Crippen molar-refractivity contribution < 1.29 is 4.79 Å². The molecule has 0 spiro atoms. The summed E-state index contributed by atoms with van der Waals surface area (Å²) in [6.07, 6.45) is 2.20. The maximum absolute atomic E-state index is 12.7. The Morgan fingerprint density at radius 3 is 2.48 bits per heavy atom. The van der Waals surface area contributed by atoms with Gasteiger partial charge in [0.25, 0.3) is 0 Å². The maximum Gasteiger partial charge on any atom is 0.237 e. The Morgan fingerprint density at radius 2 is 1.72 bits per heavy atom. The fourth-order valence-corrected chi connectivity index (χ4v) is 4.33. The molecule has 0 saturated heterocycles. The van der Waals surface area contributed by atoms with Crippen LogP contribution in [0.15, 0.2) is 59.5 Å². The van der Waals surface area contributed by atoms with E-state index in [4.69, 9.17) is 0 Å². The number of rotatable bonds is 4. The van der Waals surface area contributed by atoms with Crippen molar-refractivity contribution in [3.05, 3.63) is 71.3 Å². The third-order valence-electron chi connectivity index (χ3n) is 4.84. The third-order valence-corrected chi connectivity index (χ3v) is 5.95. The standard InChI is InChI=1S/C22H21NOS/c1-14-6-11-18(12-7-14)25-15(2)22(24)23-20-13-10-17-9-8-16-4-3-5-19(20)21(16)17/h3-7,10-13,15H,8-9H2,1-2H3,(H,23,24). The number of amides is 1. The van der Waals surface area contributed by atoms with Gasteiger partial charge in [-0.05, 0) is 61.4 Å². The van der Waals surface area contributed by atoms with Crippen molar-refractivity contribution in [2.24, 2.45) is 0 Å². The fourth-order valence-electron chi connectivity index (χ4n) is 3.46. The normalized spacial score (nSPS) is 13.8. The number of carbonyl (C=O) groups excluding carboxylic acids is 1. The van der Waals surface area contributed by atoms with E-state index in [1.54, 1.807) is 11.8 Å². The van der Waals surface area contributed by atoms with E-state index in [0.29, 0.717) is 0 Å². The van der Waals surface area contributed by atoms with Crippen LogP contribution in [0.5, 0.6) is 0 Å². The topological polar surface area (TPSA) is 29.1 Å². The Bertz CT molecular complexity index is 936. The van der Waals surface area contributed by atoms with E-state index < -0.39 is 0 Å². The van der Waals surface area contributed by atoms with Gasteiger partial charge in [0.1, 0.15) is 0 Å². The molecule has 1 aliphatic carbocycles. The molecule has 1 N–H and O–H groups in total. The number of nitrogens with one attached hydrogen (secondary N) is 1. The minimum absolute atomic E-state index is 0.0456. The average Bonchev–Trinajstić information content (AvgIpc) is 3.04. The second-order valence-corrected chi connectivity index (χ2v) is 8.09. The van der Waals surface area contributed by atoms with E-state index in [0.717, 1.165) is 28.8 Å². The molecule has 1 unspecified atom stereocenters. The summed E-state index contributed by atoms with van der Waals surface area (Å²) in [5.74, 6) is 0.0456. The number of benzene rings is 3. The Labute approximate surface area is 152 Å². The van der Waals surface area contributed by atoms with Crippen molar-refractivity contribution >= 4 is 34.1 Å². The van der Waals surface area contributed by atoms with E-state index in [1.807, 2.05) is 13.0 Å². The van der Waals surface area contributed by atoms with Crippen molar-refractivity contribution in [1.82, 2.24) is 0 Å². The average molecular weight is 347 g/mol. The summed E-state index contributed by atoms with van der Waals surface area (Å²) in [7, 11) is 0. The number of anilines is 1. The summed E-state index contributed by atoms with van der Waals surface area (Å²) in [5, 5.41) is 5.48. The lowest BCUT2D eigenvalue weighted by molar-refractivity contribution is -0.115. The molecule has 25 heavy (non-hydrogen) atoms. The van der Waals surface area contributed by atoms with Gasteiger partial charge in [-0.25, -0.2) is 0 Å². The quantitative estimate of drug-likeness (QED) is 0.643. The summed E-state index contributed by atoms with van der Waals surface area (Å²) in [4.78, 5) is 13.8. The van der Waals surface area contributed by atoms with Crippen LogP contribution in [0.3, 0.4) is 0 Å². The van der Waals surface area contributed by atoms with Crippen molar-refractivity contribution in [2.75, 3.05) is 5.32 Å². The number of hydrogen-bond acceptors (Lipinski definition) is 2. The van der Waals surface area contributed by atoms with Gasteiger partial charge >= 0.3 is 0 Å². The summed E-state index contributed by atoms with van der Waals surface area (Å²) in [6.45, 7) is 4.03. The van der Waals surface area contributed by atoms with Gasteiger partial charge in [0.05, 0.1) is 5.25 Å². The molecule has 1 amide bonds. The van der Waals surface area contributed by atoms with E-state index in [-0.39, 0.29) is 11.2 Å². The van der Waals surface area contributed by atoms with Crippen LogP contribution >= 0.6 is 11.8 Å². The number of aryl methyl sites for hydroxylation is 3. The molecule has 1 atom stereocenters. The SMILES string of the molecule is Cc1ccc(SC(C)C(=O)Nc2ccc3c4c(cccc24)CC3)cc1. The molecular formula is C22H21NOS. The highest BCUT2D eigenvalue weighted by Crippen LogP contribution is 2.35. The van der Waals surface area contributed by atoms with Gasteiger partial charge in [-0.15, -0.1) is 11.8 Å². The first-order valence-corrected chi connectivity index (χ1v) is 9.57. The molecule has 0 aromatic heterocycles. The largest absolute Gasteiger partial charge is 0.325 e. The van der Waals surface area contributed by atoms with Crippen LogP contribution in [0.1, 0.15) is 23.6 Å². The van der Waals surface area contributed by atoms with Crippen LogP contribution in [0, 0.1) is 6.92 Å². The zero-order valence-corrected chi connectivity index (χ0v) is 15.3. The molecule has 3 aromatic carbocycles. The molecule has 4 rings (SSSR count). The first kappa shape index (κ1) is 16.2. The van der Waals surface area contributed by atoms with Crippen LogP contribution in [-0.4, -0.2) is 11.2 Å². The first-order valence-electron chi connectivity index (χ1n) is 8.69. The molecule has 0 radical (unpaired) electrons. The maximum atomic E-state index is 12.7. The van der Waals surface area contributed by atoms with Crippen LogP contribution in [0.4, 0.5) is 5.69 Å². The Morgan fingerprint density at radius 1 is 1.00 bits per heavy atom. The van der Waals surface area contributed by atoms with Crippen molar-refractivity contribution in [2.45, 2.75) is 36.8 Å². The molecular weight excluding hydrogens is 326 g/mol. The molecule has 0 heterocycles. The van der Waals surface area contributed by atoms with Gasteiger partial charge in [-0.3, -0.25) is 4.79 Å². The van der Waals surface area contributed by atoms with E-state index in [2.05, 4.69) is 60.8 Å². The Balaban J connectivity index is 1.55. The zero-order chi connectivity index (χ0) is 17.4. The van der Waals surface area contributed by atoms with Gasteiger partial charge in [-0.2, -0.15) is 0 Å². The molecule has 0 aliphatic heterocycles. The number of thioether (sulfide) groups is 1. The van der Waals surface area contributed by atoms with Gasteiger partial charge in [-0.1, -0.05) is 42.0 Å². The van der Waals surface area contributed by atoms with Crippen molar-refractivity contribution in [3.63, 3.8) is 0 Å². The molecule has 0 fully saturated rings. The van der Waals surface area contributed by atoms with E-state index >= 15 is 0 Å². The molecule has 3 heteroatoms. The Hall–Kier alpha value is -2.26. The van der Waals surface area contributed by atoms with Gasteiger partial charge in [0.2, 0.25) is 5.91 Å². The van der Waals surface area contributed by atoms with Crippen molar-refractivity contribution in [1.29, 1.82) is 0 Å². The van der Waals surface area contributed by atoms with Gasteiger partial charge < -0.3 is 5.32 Å². The molecule has 1 aliphatic rings. The van der Waals surface area contributed by atoms with Crippen LogP contribution in [0.2, 0.25) is 0 Å². The van der Waals surface area contributed by atoms with Crippen LogP contribution in [0.25, 0.3) is 10.8 Å². The summed E-state index contributed by atoms with van der Waals surface area (Å²) >= 11 is 1.59. The van der Waals surface area contributed by atoms with Crippen LogP contribution < -0.4 is 5.32 Å². The number of hydrogen-bond donors (Lipinski definition) is 1. The molecule has 0 bridgehead atoms.